The van der Waals surface area contributed by atoms with Crippen LogP contribution in [0.25, 0.3) is 0 Å². The fourth-order valence-electron chi connectivity index (χ4n) is 2.14. The number of rotatable bonds is 14. The van der Waals surface area contributed by atoms with Crippen molar-refractivity contribution in [1.29, 1.82) is 0 Å². The van der Waals surface area contributed by atoms with E-state index >= 15 is 0 Å². The van der Waals surface area contributed by atoms with Crippen LogP contribution in [0.3, 0.4) is 0 Å². The van der Waals surface area contributed by atoms with Crippen LogP contribution in [0.1, 0.15) is 50.9 Å². The van der Waals surface area contributed by atoms with Crippen molar-refractivity contribution >= 4 is 41.3 Å². The molecule has 0 spiro atoms. The van der Waals surface area contributed by atoms with Crippen molar-refractivity contribution in [3.05, 3.63) is 17.5 Å². The van der Waals surface area contributed by atoms with E-state index in [9.17, 15) is 4.79 Å². The molecule has 1 rings (SSSR count). The number of hydrogen-bond donors (Lipinski definition) is 0. The Morgan fingerprint density at radius 1 is 1.04 bits per heavy atom. The minimum atomic E-state index is -0.171. The molecule has 0 saturated carbocycles. The molecular formula is C19H32N2O2S3. The standard InChI is InChI=1S/C19H32N2O2S3/c1-5-7-9-24-12-17(13-25-10-8-6-2)23-18(22)14-26-19-20-15(3)11-16(4)21-19/h11,17H,5-10,12-14H2,1-4H3. The van der Waals surface area contributed by atoms with E-state index in [2.05, 4.69) is 23.8 Å². The third-order valence-corrected chi connectivity index (χ3v) is 6.66. The van der Waals surface area contributed by atoms with Crippen LogP contribution in [0.4, 0.5) is 0 Å². The molecule has 4 nitrogen and oxygen atoms in total. The Morgan fingerprint density at radius 3 is 2.08 bits per heavy atom. The van der Waals surface area contributed by atoms with Gasteiger partial charge in [-0.25, -0.2) is 9.97 Å². The molecule has 0 saturated heterocycles. The monoisotopic (exact) mass is 416 g/mol. The molecule has 148 valence electrons. The lowest BCUT2D eigenvalue weighted by Crippen LogP contribution is -2.25. The van der Waals surface area contributed by atoms with Crippen LogP contribution in [0.5, 0.6) is 0 Å². The second kappa shape index (κ2) is 14.6. The molecule has 1 aromatic heterocycles. The van der Waals surface area contributed by atoms with Gasteiger partial charge in [-0.05, 0) is 44.3 Å². The quantitative estimate of drug-likeness (QED) is 0.180. The zero-order valence-corrected chi connectivity index (χ0v) is 18.9. The van der Waals surface area contributed by atoms with Crippen LogP contribution in [0.15, 0.2) is 11.2 Å². The SMILES string of the molecule is CCCCSCC(CSCCCC)OC(=O)CSc1nc(C)cc(C)n1. The summed E-state index contributed by atoms with van der Waals surface area (Å²) in [4.78, 5) is 21.0. The molecule has 1 aromatic rings. The first-order chi connectivity index (χ1) is 12.5. The van der Waals surface area contributed by atoms with Gasteiger partial charge in [-0.2, -0.15) is 23.5 Å². The average Bonchev–Trinajstić information content (AvgIpc) is 2.59. The molecule has 1 heterocycles. The van der Waals surface area contributed by atoms with Crippen molar-refractivity contribution in [2.45, 2.75) is 64.6 Å². The molecule has 0 aliphatic rings. The van der Waals surface area contributed by atoms with E-state index < -0.39 is 0 Å². The number of esters is 1. The maximum Gasteiger partial charge on any atom is 0.316 e. The molecule has 0 bridgehead atoms. The molecule has 0 aliphatic carbocycles. The molecular weight excluding hydrogens is 384 g/mol. The first kappa shape index (κ1) is 23.6. The van der Waals surface area contributed by atoms with Crippen LogP contribution in [-0.4, -0.2) is 50.8 Å². The van der Waals surface area contributed by atoms with Gasteiger partial charge in [0, 0.05) is 22.9 Å². The van der Waals surface area contributed by atoms with E-state index in [1.54, 1.807) is 0 Å². The molecule has 0 aliphatic heterocycles. The summed E-state index contributed by atoms with van der Waals surface area (Å²) in [5.41, 5.74) is 1.84. The molecule has 0 atom stereocenters. The molecule has 0 fully saturated rings. The lowest BCUT2D eigenvalue weighted by molar-refractivity contribution is -0.143. The lowest BCUT2D eigenvalue weighted by Gasteiger charge is -2.17. The maximum atomic E-state index is 12.3. The van der Waals surface area contributed by atoms with Crippen molar-refractivity contribution in [2.24, 2.45) is 0 Å². The van der Waals surface area contributed by atoms with Crippen molar-refractivity contribution in [3.63, 3.8) is 0 Å². The Balaban J connectivity index is 2.42. The summed E-state index contributed by atoms with van der Waals surface area (Å²) in [5.74, 6) is 4.13. The van der Waals surface area contributed by atoms with Crippen LogP contribution in [0.2, 0.25) is 0 Å². The highest BCUT2D eigenvalue weighted by Crippen LogP contribution is 2.18. The second-order valence-electron chi connectivity index (χ2n) is 6.19. The summed E-state index contributed by atoms with van der Waals surface area (Å²) in [6.07, 6.45) is 4.83. The molecule has 0 aromatic carbocycles. The van der Waals surface area contributed by atoms with Crippen LogP contribution >= 0.6 is 35.3 Å². The van der Waals surface area contributed by atoms with E-state index in [-0.39, 0.29) is 17.8 Å². The number of unbranched alkanes of at least 4 members (excludes halogenated alkanes) is 2. The normalized spacial score (nSPS) is 11.1. The number of carbonyl (C=O) groups excluding carboxylic acids is 1. The first-order valence-electron chi connectivity index (χ1n) is 9.35. The van der Waals surface area contributed by atoms with E-state index in [1.165, 1.54) is 37.4 Å². The fraction of sp³-hybridized carbons (Fsp3) is 0.737. The lowest BCUT2D eigenvalue weighted by atomic mass is 10.4. The second-order valence-corrected chi connectivity index (χ2v) is 9.43. The number of thioether (sulfide) groups is 3. The Labute approximate surface area is 171 Å². The summed E-state index contributed by atoms with van der Waals surface area (Å²) >= 11 is 5.13. The molecule has 0 radical (unpaired) electrons. The van der Waals surface area contributed by atoms with Crippen molar-refractivity contribution in [3.8, 4) is 0 Å². The van der Waals surface area contributed by atoms with E-state index in [1.807, 2.05) is 43.4 Å². The van der Waals surface area contributed by atoms with Gasteiger partial charge in [0.1, 0.15) is 6.10 Å². The Hall–Kier alpha value is -0.400. The summed E-state index contributed by atoms with van der Waals surface area (Å²) in [5, 5.41) is 0.644. The third kappa shape index (κ3) is 11.3. The minimum absolute atomic E-state index is 0.00743. The molecule has 0 unspecified atom stereocenters. The maximum absolute atomic E-state index is 12.3. The van der Waals surface area contributed by atoms with Gasteiger partial charge in [-0.1, -0.05) is 38.5 Å². The highest BCUT2D eigenvalue weighted by molar-refractivity contribution is 8.00. The molecule has 0 N–H and O–H groups in total. The topological polar surface area (TPSA) is 52.1 Å². The summed E-state index contributed by atoms with van der Waals surface area (Å²) < 4.78 is 5.74. The van der Waals surface area contributed by atoms with Gasteiger partial charge in [-0.15, -0.1) is 0 Å². The minimum Gasteiger partial charge on any atom is -0.460 e. The highest BCUT2D eigenvalue weighted by atomic mass is 32.2. The van der Waals surface area contributed by atoms with Crippen molar-refractivity contribution < 1.29 is 9.53 Å². The third-order valence-electron chi connectivity index (χ3n) is 3.47. The summed E-state index contributed by atoms with van der Waals surface area (Å²) in [6.45, 7) is 8.28. The number of carbonyl (C=O) groups is 1. The number of aryl methyl sites for hydroxylation is 2. The van der Waals surface area contributed by atoms with Gasteiger partial charge in [0.2, 0.25) is 0 Å². The van der Waals surface area contributed by atoms with Gasteiger partial charge in [0.25, 0.3) is 0 Å². The summed E-state index contributed by atoms with van der Waals surface area (Å²) in [6, 6.07) is 1.93. The number of nitrogens with zero attached hydrogens (tertiary/aromatic N) is 2. The van der Waals surface area contributed by atoms with Gasteiger partial charge in [0.15, 0.2) is 5.16 Å². The molecule has 26 heavy (non-hydrogen) atoms. The largest absolute Gasteiger partial charge is 0.460 e. The van der Waals surface area contributed by atoms with Crippen molar-refractivity contribution in [1.82, 2.24) is 9.97 Å². The number of hydrogen-bond acceptors (Lipinski definition) is 7. The van der Waals surface area contributed by atoms with Gasteiger partial charge in [0.05, 0.1) is 5.75 Å². The zero-order chi connectivity index (χ0) is 19.2. The fourth-order valence-corrected chi connectivity index (χ4v) is 5.24. The summed E-state index contributed by atoms with van der Waals surface area (Å²) in [7, 11) is 0. The van der Waals surface area contributed by atoms with E-state index in [4.69, 9.17) is 4.74 Å². The van der Waals surface area contributed by atoms with E-state index in [0.29, 0.717) is 5.16 Å². The van der Waals surface area contributed by atoms with Crippen LogP contribution in [-0.2, 0) is 9.53 Å². The zero-order valence-electron chi connectivity index (χ0n) is 16.5. The Morgan fingerprint density at radius 2 is 1.58 bits per heavy atom. The highest BCUT2D eigenvalue weighted by Gasteiger charge is 2.16. The smallest absolute Gasteiger partial charge is 0.316 e. The van der Waals surface area contributed by atoms with Gasteiger partial charge < -0.3 is 4.74 Å². The molecule has 7 heteroatoms. The average molecular weight is 417 g/mol. The number of ether oxygens (including phenoxy) is 1. The van der Waals surface area contributed by atoms with Gasteiger partial charge in [-0.3, -0.25) is 4.79 Å². The van der Waals surface area contributed by atoms with E-state index in [0.717, 1.165) is 34.4 Å². The van der Waals surface area contributed by atoms with Gasteiger partial charge >= 0.3 is 5.97 Å². The van der Waals surface area contributed by atoms with Crippen molar-refractivity contribution in [2.75, 3.05) is 28.8 Å². The van der Waals surface area contributed by atoms with Crippen LogP contribution < -0.4 is 0 Å². The predicted molar refractivity (Wildman–Crippen MR) is 117 cm³/mol. The first-order valence-corrected chi connectivity index (χ1v) is 12.6. The molecule has 0 amide bonds. The number of aromatic nitrogens is 2. The predicted octanol–water partition coefficient (Wildman–Crippen LogP) is 5.16. The van der Waals surface area contributed by atoms with Crippen LogP contribution in [0, 0.1) is 13.8 Å². The Kier molecular flexibility index (Phi) is 13.3. The Bertz CT molecular complexity index is 497.